The van der Waals surface area contributed by atoms with E-state index in [1.54, 1.807) is 26.7 Å². The molecule has 1 aliphatic heterocycles. The van der Waals surface area contributed by atoms with Crippen molar-refractivity contribution < 1.29 is 19.4 Å². The van der Waals surface area contributed by atoms with E-state index in [2.05, 4.69) is 5.32 Å². The van der Waals surface area contributed by atoms with E-state index in [4.69, 9.17) is 15.6 Å². The number of nitrogens with two attached hydrogens (primary N) is 1. The molecule has 6 heteroatoms. The molecule has 0 spiro atoms. The SMILES string of the molecule is CC(C)(C)OC1=C(N)NC(=C=O)C=C1C(=O)O. The van der Waals surface area contributed by atoms with E-state index in [0.29, 0.717) is 0 Å². The lowest BCUT2D eigenvalue weighted by molar-refractivity contribution is -0.133. The first-order chi connectivity index (χ1) is 7.74. The molecule has 0 aromatic heterocycles. The van der Waals surface area contributed by atoms with Crippen LogP contribution in [-0.4, -0.2) is 22.6 Å². The number of hydrogen-bond acceptors (Lipinski definition) is 5. The molecule has 0 bridgehead atoms. The van der Waals surface area contributed by atoms with Gasteiger partial charge in [0.05, 0.1) is 0 Å². The molecule has 0 aliphatic carbocycles. The van der Waals surface area contributed by atoms with Crippen molar-refractivity contribution in [3.8, 4) is 0 Å². The van der Waals surface area contributed by atoms with E-state index < -0.39 is 11.6 Å². The highest BCUT2D eigenvalue weighted by Gasteiger charge is 2.27. The van der Waals surface area contributed by atoms with Crippen LogP contribution in [0.3, 0.4) is 0 Å². The lowest BCUT2D eigenvalue weighted by Crippen LogP contribution is -2.32. The summed E-state index contributed by atoms with van der Waals surface area (Å²) in [5.41, 5.74) is 4.81. The Morgan fingerprint density at radius 2 is 2.12 bits per heavy atom. The zero-order valence-electron chi connectivity index (χ0n) is 9.83. The largest absolute Gasteiger partial charge is 0.483 e. The first kappa shape index (κ1) is 12.9. The Morgan fingerprint density at radius 3 is 2.53 bits per heavy atom. The van der Waals surface area contributed by atoms with Gasteiger partial charge in [0, 0.05) is 0 Å². The fraction of sp³-hybridized carbons (Fsp3) is 0.364. The molecular formula is C11H14N2O4. The number of ether oxygens (including phenoxy) is 1. The summed E-state index contributed by atoms with van der Waals surface area (Å²) in [7, 11) is 0. The number of aliphatic carboxylic acids is 1. The van der Waals surface area contributed by atoms with Crippen LogP contribution in [0.5, 0.6) is 0 Å². The molecule has 4 N–H and O–H groups in total. The van der Waals surface area contributed by atoms with Crippen molar-refractivity contribution >= 4 is 11.9 Å². The summed E-state index contributed by atoms with van der Waals surface area (Å²) in [6, 6.07) is 0. The lowest BCUT2D eigenvalue weighted by Gasteiger charge is -2.27. The second kappa shape index (κ2) is 4.35. The van der Waals surface area contributed by atoms with Gasteiger partial charge in [-0.15, -0.1) is 0 Å². The lowest BCUT2D eigenvalue weighted by atomic mass is 10.1. The topological polar surface area (TPSA) is 102 Å². The van der Waals surface area contributed by atoms with Crippen molar-refractivity contribution in [2.24, 2.45) is 5.73 Å². The second-order valence-corrected chi connectivity index (χ2v) is 4.46. The number of carbonyl (C=O) groups excluding carboxylic acids is 1. The number of carbonyl (C=O) groups is 1. The smallest absolute Gasteiger partial charge is 0.339 e. The van der Waals surface area contributed by atoms with E-state index in [0.717, 1.165) is 6.08 Å². The van der Waals surface area contributed by atoms with Crippen molar-refractivity contribution in [2.45, 2.75) is 26.4 Å². The zero-order valence-corrected chi connectivity index (χ0v) is 9.83. The van der Waals surface area contributed by atoms with Gasteiger partial charge >= 0.3 is 5.97 Å². The molecule has 92 valence electrons. The predicted molar refractivity (Wildman–Crippen MR) is 60.1 cm³/mol. The van der Waals surface area contributed by atoms with E-state index in [9.17, 15) is 9.59 Å². The average Bonchev–Trinajstić information content (AvgIpc) is 2.18. The molecular weight excluding hydrogens is 224 g/mol. The Labute approximate surface area is 98.4 Å². The molecule has 17 heavy (non-hydrogen) atoms. The van der Waals surface area contributed by atoms with Crippen LogP contribution >= 0.6 is 0 Å². The van der Waals surface area contributed by atoms with Gasteiger partial charge in [-0.25, -0.2) is 9.59 Å². The van der Waals surface area contributed by atoms with Crippen molar-refractivity contribution in [1.82, 2.24) is 5.32 Å². The number of rotatable bonds is 2. The number of hydrogen-bond donors (Lipinski definition) is 3. The highest BCUT2D eigenvalue weighted by molar-refractivity contribution is 5.93. The van der Waals surface area contributed by atoms with Gasteiger partial charge in [0.2, 0.25) is 0 Å². The first-order valence-corrected chi connectivity index (χ1v) is 4.91. The molecule has 0 saturated carbocycles. The highest BCUT2D eigenvalue weighted by Crippen LogP contribution is 2.24. The third kappa shape index (κ3) is 3.12. The van der Waals surface area contributed by atoms with Crippen LogP contribution in [0, 0.1) is 0 Å². The minimum absolute atomic E-state index is 0.0156. The third-order valence-corrected chi connectivity index (χ3v) is 1.80. The van der Waals surface area contributed by atoms with Crippen molar-refractivity contribution in [2.75, 3.05) is 0 Å². The second-order valence-electron chi connectivity index (χ2n) is 4.46. The molecule has 0 aromatic carbocycles. The van der Waals surface area contributed by atoms with Gasteiger partial charge in [0.1, 0.15) is 22.7 Å². The molecule has 0 fully saturated rings. The summed E-state index contributed by atoms with van der Waals surface area (Å²) in [4.78, 5) is 21.5. The number of dihydropyridines is 1. The number of carboxylic acids is 1. The maximum atomic E-state index is 11.0. The fourth-order valence-corrected chi connectivity index (χ4v) is 1.22. The summed E-state index contributed by atoms with van der Waals surface area (Å²) in [6.07, 6.45) is 1.13. The molecule has 0 saturated heterocycles. The van der Waals surface area contributed by atoms with Crippen LogP contribution in [0.2, 0.25) is 0 Å². The standard InChI is InChI=1S/C11H14N2O4/c1-11(2,3)17-8-7(10(15)16)4-6(5-14)13-9(8)12/h4,13H,12H2,1-3H3,(H,15,16). The minimum Gasteiger partial charge on any atom is -0.483 e. The Bertz CT molecular complexity index is 462. The normalized spacial score (nSPS) is 15.9. The Kier molecular flexibility index (Phi) is 3.29. The van der Waals surface area contributed by atoms with Gasteiger partial charge in [0.15, 0.2) is 11.7 Å². The van der Waals surface area contributed by atoms with Gasteiger partial charge in [0.25, 0.3) is 0 Å². The molecule has 1 aliphatic rings. The maximum Gasteiger partial charge on any atom is 0.339 e. The summed E-state index contributed by atoms with van der Waals surface area (Å²) in [6.45, 7) is 5.29. The Hall–Kier alpha value is -2.20. The van der Waals surface area contributed by atoms with Crippen LogP contribution in [0.25, 0.3) is 0 Å². The summed E-state index contributed by atoms with van der Waals surface area (Å²) < 4.78 is 5.46. The Balaban J connectivity index is 3.21. The van der Waals surface area contributed by atoms with Crippen LogP contribution in [0.15, 0.2) is 28.9 Å². The van der Waals surface area contributed by atoms with E-state index >= 15 is 0 Å². The molecule has 1 heterocycles. The van der Waals surface area contributed by atoms with Gasteiger partial charge in [-0.3, -0.25) is 0 Å². The van der Waals surface area contributed by atoms with Gasteiger partial charge in [-0.05, 0) is 26.8 Å². The monoisotopic (exact) mass is 238 g/mol. The number of nitrogens with one attached hydrogen (secondary N) is 1. The van der Waals surface area contributed by atoms with Crippen molar-refractivity contribution in [1.29, 1.82) is 0 Å². The van der Waals surface area contributed by atoms with Crippen LogP contribution < -0.4 is 11.1 Å². The van der Waals surface area contributed by atoms with Gasteiger partial charge in [-0.2, -0.15) is 0 Å². The van der Waals surface area contributed by atoms with Gasteiger partial charge in [-0.1, -0.05) is 0 Å². The molecule has 1 rings (SSSR count). The Morgan fingerprint density at radius 1 is 1.53 bits per heavy atom. The highest BCUT2D eigenvalue weighted by atomic mass is 16.5. The van der Waals surface area contributed by atoms with Crippen molar-refractivity contribution in [3.05, 3.63) is 28.9 Å². The zero-order chi connectivity index (χ0) is 13.2. The van der Waals surface area contributed by atoms with Crippen LogP contribution in [0.1, 0.15) is 20.8 Å². The molecule has 0 radical (unpaired) electrons. The average molecular weight is 238 g/mol. The molecule has 0 unspecified atom stereocenters. The molecule has 0 amide bonds. The molecule has 0 aromatic rings. The fourth-order valence-electron chi connectivity index (χ4n) is 1.22. The summed E-state index contributed by atoms with van der Waals surface area (Å²) in [5.74, 6) is 0.330. The molecule has 6 nitrogen and oxygen atoms in total. The number of carboxylic acid groups (broad SMARTS) is 1. The first-order valence-electron chi connectivity index (χ1n) is 4.91. The predicted octanol–water partition coefficient (Wildman–Crippen LogP) is 0.259. The number of allylic oxidation sites excluding steroid dienone is 1. The summed E-state index contributed by atoms with van der Waals surface area (Å²) >= 11 is 0. The quantitative estimate of drug-likeness (QED) is 0.596. The van der Waals surface area contributed by atoms with Crippen molar-refractivity contribution in [3.63, 3.8) is 0 Å². The minimum atomic E-state index is -1.22. The van der Waals surface area contributed by atoms with Crippen LogP contribution in [-0.2, 0) is 14.3 Å². The van der Waals surface area contributed by atoms with Gasteiger partial charge < -0.3 is 20.9 Å². The summed E-state index contributed by atoms with van der Waals surface area (Å²) in [5, 5.41) is 11.5. The van der Waals surface area contributed by atoms with E-state index in [-0.39, 0.29) is 22.9 Å². The van der Waals surface area contributed by atoms with Crippen LogP contribution in [0.4, 0.5) is 0 Å². The molecule has 0 atom stereocenters. The maximum absolute atomic E-state index is 11.0. The third-order valence-electron chi connectivity index (χ3n) is 1.80. The van der Waals surface area contributed by atoms with E-state index in [1.807, 2.05) is 0 Å². The van der Waals surface area contributed by atoms with E-state index in [1.165, 1.54) is 0 Å².